The van der Waals surface area contributed by atoms with Gasteiger partial charge in [0, 0.05) is 61.7 Å². The van der Waals surface area contributed by atoms with Gasteiger partial charge < -0.3 is 53.2 Å². The molecule has 4 aliphatic heterocycles. The number of hydrogen-bond donors (Lipinski definition) is 3. The highest BCUT2D eigenvalue weighted by molar-refractivity contribution is 5.85. The molecule has 4 rings (SSSR count). The van der Waals surface area contributed by atoms with Crippen molar-refractivity contribution in [1.82, 2.24) is 0 Å². The fourth-order valence-electron chi connectivity index (χ4n) is 8.53. The van der Waals surface area contributed by atoms with Crippen LogP contribution in [0.25, 0.3) is 0 Å². The Morgan fingerprint density at radius 1 is 0.873 bits per heavy atom. The van der Waals surface area contributed by atoms with E-state index < -0.39 is 114 Å². The van der Waals surface area contributed by atoms with Crippen molar-refractivity contribution in [3.8, 4) is 0 Å². The van der Waals surface area contributed by atoms with Gasteiger partial charge in [-0.15, -0.1) is 0 Å². The second-order valence-corrected chi connectivity index (χ2v) is 18.1. The number of carbonyl (C=O) groups excluding carboxylic acids is 5. The average Bonchev–Trinajstić information content (AvgIpc) is 3.19. The molecule has 0 aliphatic carbocycles. The van der Waals surface area contributed by atoms with Crippen molar-refractivity contribution in [2.24, 2.45) is 10.8 Å². The molecule has 16 nitrogen and oxygen atoms in total. The first-order chi connectivity index (χ1) is 29.6. The summed E-state index contributed by atoms with van der Waals surface area (Å²) in [6.07, 6.45) is 4.80. The van der Waals surface area contributed by atoms with Crippen LogP contribution in [-0.4, -0.2) is 126 Å². The van der Waals surface area contributed by atoms with Gasteiger partial charge in [0.1, 0.15) is 12.2 Å². The van der Waals surface area contributed by atoms with Crippen LogP contribution in [-0.2, 0) is 61.9 Å². The van der Waals surface area contributed by atoms with Crippen LogP contribution < -0.4 is 0 Å². The summed E-state index contributed by atoms with van der Waals surface area (Å²) in [5.41, 5.74) is -1.35. The molecule has 0 aromatic heterocycles. The van der Waals surface area contributed by atoms with Crippen molar-refractivity contribution in [2.45, 2.75) is 180 Å². The van der Waals surface area contributed by atoms with Crippen LogP contribution in [0.5, 0.6) is 0 Å². The number of aliphatic hydroxyl groups excluding tert-OH is 2. The summed E-state index contributed by atoms with van der Waals surface area (Å²) in [6.45, 7) is 11.9. The van der Waals surface area contributed by atoms with Crippen molar-refractivity contribution in [3.63, 3.8) is 0 Å². The molecule has 1 unspecified atom stereocenters. The molecule has 0 spiro atoms. The smallest absolute Gasteiger partial charge is 0.331 e. The van der Waals surface area contributed by atoms with Gasteiger partial charge in [0.25, 0.3) is 0 Å². The molecule has 3 N–H and O–H groups in total. The minimum absolute atomic E-state index is 0.0109. The van der Waals surface area contributed by atoms with Gasteiger partial charge in [0.05, 0.1) is 63.4 Å². The molecule has 0 saturated carbocycles. The molecule has 352 valence electrons. The Morgan fingerprint density at radius 2 is 1.57 bits per heavy atom. The van der Waals surface area contributed by atoms with Crippen molar-refractivity contribution in [1.29, 1.82) is 0 Å². The molecular weight excluding hydrogens is 821 g/mol. The highest BCUT2D eigenvalue weighted by Gasteiger charge is 2.58. The number of carbonyl (C=O) groups is 5. The van der Waals surface area contributed by atoms with E-state index in [0.717, 1.165) is 24.5 Å². The SMILES string of the molecule is CCC/C=C/C=C/C(=O)O[C@H]1/C(=C/C(=O)OC)CC2C[C@H]([C@@H](C)O)OC(=O)C[C@H](O)C[C@@H]3C[C@H](OC(C)=O)C(C)(C)[C@H](C[C@@H]4C/C(=C/C(=O)OC)C[C@H](/C=C/C(C)(C)[C@]1(O)O2)O4)O3. The maximum absolute atomic E-state index is 13.4. The third-order valence-corrected chi connectivity index (χ3v) is 12.2. The molecule has 0 amide bonds. The number of hydrogen-bond acceptors (Lipinski definition) is 16. The molecule has 6 bridgehead atoms. The summed E-state index contributed by atoms with van der Waals surface area (Å²) in [6, 6.07) is 0. The number of aliphatic hydroxyl groups is 3. The molecule has 4 heterocycles. The lowest BCUT2D eigenvalue weighted by atomic mass is 9.73. The first kappa shape index (κ1) is 51.4. The highest BCUT2D eigenvalue weighted by Crippen LogP contribution is 2.48. The maximum atomic E-state index is 13.4. The maximum Gasteiger partial charge on any atom is 0.331 e. The normalized spacial score (nSPS) is 35.0. The van der Waals surface area contributed by atoms with Crippen molar-refractivity contribution < 1.29 is 77.2 Å². The summed E-state index contributed by atoms with van der Waals surface area (Å²) < 4.78 is 47.2. The van der Waals surface area contributed by atoms with Crippen LogP contribution in [0.2, 0.25) is 0 Å². The fraction of sp³-hybridized carbons (Fsp3) is 0.681. The Labute approximate surface area is 370 Å². The minimum atomic E-state index is -2.42. The predicted molar refractivity (Wildman–Crippen MR) is 227 cm³/mol. The lowest BCUT2D eigenvalue weighted by molar-refractivity contribution is -0.327. The van der Waals surface area contributed by atoms with Crippen molar-refractivity contribution in [3.05, 3.63) is 59.8 Å². The first-order valence-electron chi connectivity index (χ1n) is 21.8. The highest BCUT2D eigenvalue weighted by atomic mass is 16.7. The van der Waals surface area contributed by atoms with Crippen LogP contribution in [0, 0.1) is 10.8 Å². The Balaban J connectivity index is 1.86. The summed E-state index contributed by atoms with van der Waals surface area (Å²) >= 11 is 0. The second kappa shape index (κ2) is 22.6. The van der Waals surface area contributed by atoms with E-state index >= 15 is 0 Å². The zero-order valence-corrected chi connectivity index (χ0v) is 38.1. The van der Waals surface area contributed by atoms with Gasteiger partial charge >= 0.3 is 29.8 Å². The third kappa shape index (κ3) is 14.1. The van der Waals surface area contributed by atoms with E-state index in [2.05, 4.69) is 0 Å². The Hall–Kier alpha value is -4.19. The first-order valence-corrected chi connectivity index (χ1v) is 21.8. The number of allylic oxidation sites excluding steroid dienone is 3. The van der Waals surface area contributed by atoms with Crippen LogP contribution >= 0.6 is 0 Å². The van der Waals surface area contributed by atoms with Crippen LogP contribution in [0.15, 0.2) is 59.8 Å². The van der Waals surface area contributed by atoms with E-state index in [1.54, 1.807) is 32.1 Å². The summed E-state index contributed by atoms with van der Waals surface area (Å²) in [7, 11) is 2.46. The minimum Gasteiger partial charge on any atom is -0.466 e. The van der Waals surface area contributed by atoms with Gasteiger partial charge in [0.2, 0.25) is 5.79 Å². The van der Waals surface area contributed by atoms with Gasteiger partial charge in [-0.3, -0.25) is 9.59 Å². The number of fused-ring (bicyclic) bond motifs is 6. The van der Waals surface area contributed by atoms with Crippen LogP contribution in [0.1, 0.15) is 113 Å². The molecule has 0 aromatic rings. The van der Waals surface area contributed by atoms with Crippen molar-refractivity contribution >= 4 is 29.8 Å². The average molecular weight is 889 g/mol. The standard InChI is InChI=1S/C47H68O16/c1-10-11-12-13-14-15-40(51)62-44-31(22-42(53)57-9)21-36-25-37(28(2)48)61-43(54)24-32(50)23-35-27-38(58-29(3)49)46(6,7)39(60-35)26-34-19-30(20-41(52)56-8)18-33(59-34)16-17-45(4,5)47(44,55)63-36/h12-17,20,22,28,32-39,44,48,50,55H,10-11,18-19,21,23-27H2,1-9H3/b13-12+,15-14+,17-16+,30-20+,31-22+/t28-,32-,33+,34+,35-,36?,37-,38+,39+,44+,47-/m1/s1. The number of esters is 5. The van der Waals surface area contributed by atoms with Gasteiger partial charge in [0.15, 0.2) is 6.10 Å². The topological polar surface area (TPSA) is 220 Å². The lowest BCUT2D eigenvalue weighted by Gasteiger charge is -2.51. The third-order valence-electron chi connectivity index (χ3n) is 12.2. The molecule has 11 atom stereocenters. The fourth-order valence-corrected chi connectivity index (χ4v) is 8.53. The molecule has 3 fully saturated rings. The molecule has 0 radical (unpaired) electrons. The van der Waals surface area contributed by atoms with E-state index in [9.17, 15) is 39.3 Å². The predicted octanol–water partition coefficient (Wildman–Crippen LogP) is 4.96. The molecule has 0 aromatic carbocycles. The second-order valence-electron chi connectivity index (χ2n) is 18.1. The summed E-state index contributed by atoms with van der Waals surface area (Å²) in [5.74, 6) is -5.92. The largest absolute Gasteiger partial charge is 0.466 e. The zero-order valence-electron chi connectivity index (χ0n) is 38.1. The van der Waals surface area contributed by atoms with E-state index in [-0.39, 0.29) is 44.1 Å². The van der Waals surface area contributed by atoms with Crippen LogP contribution in [0.4, 0.5) is 0 Å². The van der Waals surface area contributed by atoms with Gasteiger partial charge in [-0.05, 0) is 38.2 Å². The molecule has 4 aliphatic rings. The lowest BCUT2D eigenvalue weighted by Crippen LogP contribution is -2.62. The quantitative estimate of drug-likeness (QED) is 0.0916. The number of cyclic esters (lactones) is 1. The van der Waals surface area contributed by atoms with E-state index in [1.807, 2.05) is 26.8 Å². The zero-order chi connectivity index (χ0) is 46.7. The van der Waals surface area contributed by atoms with E-state index in [0.29, 0.717) is 6.42 Å². The van der Waals surface area contributed by atoms with E-state index in [4.69, 9.17) is 37.9 Å². The van der Waals surface area contributed by atoms with Crippen molar-refractivity contribution in [2.75, 3.05) is 14.2 Å². The molecule has 16 heteroatoms. The van der Waals surface area contributed by atoms with Gasteiger partial charge in [-0.2, -0.15) is 0 Å². The molecular formula is C47H68O16. The Morgan fingerprint density at radius 3 is 2.22 bits per heavy atom. The van der Waals surface area contributed by atoms with Crippen LogP contribution in [0.3, 0.4) is 0 Å². The van der Waals surface area contributed by atoms with Gasteiger partial charge in [-0.1, -0.05) is 77.0 Å². The number of ether oxygens (including phenoxy) is 8. The number of methoxy groups -OCH3 is 2. The molecule has 63 heavy (non-hydrogen) atoms. The number of rotatable bonds is 9. The summed E-state index contributed by atoms with van der Waals surface area (Å²) in [5, 5.41) is 35.1. The Bertz CT molecular complexity index is 1770. The number of unbranched alkanes of at least 4 members (excludes halogenated alkanes) is 1. The van der Waals surface area contributed by atoms with Gasteiger partial charge in [-0.25, -0.2) is 14.4 Å². The molecule has 3 saturated heterocycles. The summed E-state index contributed by atoms with van der Waals surface area (Å²) in [4.78, 5) is 64.6. The van der Waals surface area contributed by atoms with E-state index in [1.165, 1.54) is 46.3 Å². The Kier molecular flexibility index (Phi) is 18.5. The monoisotopic (exact) mass is 888 g/mol.